The third-order valence-electron chi connectivity index (χ3n) is 2.21. The molecular weight excluding hydrogens is 272 g/mol. The summed E-state index contributed by atoms with van der Waals surface area (Å²) in [5, 5.41) is 0. The molecule has 0 aliphatic carbocycles. The molecule has 0 aromatic heterocycles. The Morgan fingerprint density at radius 3 is 2.47 bits per heavy atom. The maximum atomic E-state index is 8.51. The molecule has 0 saturated carbocycles. The summed E-state index contributed by atoms with van der Waals surface area (Å²) < 4.78 is 8.76. The van der Waals surface area contributed by atoms with Gasteiger partial charge in [0.2, 0.25) is 0 Å². The number of aryl methyl sites for hydroxylation is 1. The average Bonchev–Trinajstić information content (AvgIpc) is 2.28. The van der Waals surface area contributed by atoms with E-state index in [0.29, 0.717) is 0 Å². The van der Waals surface area contributed by atoms with E-state index in [0.717, 1.165) is 18.9 Å². The van der Waals surface area contributed by atoms with E-state index in [1.807, 2.05) is 18.2 Å². The molecule has 8 heteroatoms. The van der Waals surface area contributed by atoms with Gasteiger partial charge in [0.15, 0.2) is 9.28 Å². The van der Waals surface area contributed by atoms with E-state index in [-0.39, 0.29) is 9.04 Å². The first kappa shape index (κ1) is 14.7. The minimum atomic E-state index is -4.44. The summed E-state index contributed by atoms with van der Waals surface area (Å²) in [6, 6.07) is 11.5. The van der Waals surface area contributed by atoms with Crippen molar-refractivity contribution in [2.75, 3.05) is 0 Å². The van der Waals surface area contributed by atoms with Gasteiger partial charge in [-0.25, -0.2) is 4.58 Å². The van der Waals surface area contributed by atoms with Gasteiger partial charge in [0.25, 0.3) is 0 Å². The molecule has 0 spiro atoms. The lowest BCUT2D eigenvalue weighted by Gasteiger charge is -2.08. The average molecular weight is 290 g/mol. The van der Waals surface area contributed by atoms with Crippen LogP contribution in [0.5, 0.6) is 0 Å². The highest BCUT2D eigenvalue weighted by Gasteiger charge is 2.32. The Morgan fingerprint density at radius 1 is 1.12 bits per heavy atom. The van der Waals surface area contributed by atoms with Crippen LogP contribution in [0.15, 0.2) is 30.3 Å². The Labute approximate surface area is 106 Å². The lowest BCUT2D eigenvalue weighted by atomic mass is 10.1. The van der Waals surface area contributed by atoms with E-state index in [2.05, 4.69) is 21.3 Å². The quantitative estimate of drug-likeness (QED) is 0.237. The first-order valence-corrected chi connectivity index (χ1v) is 12.9. The molecule has 1 rings (SSSR count). The van der Waals surface area contributed by atoms with Gasteiger partial charge in [0.05, 0.1) is 0 Å². The van der Waals surface area contributed by atoms with Gasteiger partial charge in [-0.05, 0) is 12.0 Å². The minimum Gasteiger partial charge on any atom is -0.366 e. The Balaban J connectivity index is 1.95. The topological polar surface area (TPSA) is 79.2 Å². The van der Waals surface area contributed by atoms with Crippen molar-refractivity contribution in [2.24, 2.45) is 0 Å². The maximum Gasteiger partial charge on any atom is 0.698 e. The molecule has 0 aliphatic rings. The summed E-state index contributed by atoms with van der Waals surface area (Å²) >= 11 is 0. The van der Waals surface area contributed by atoms with E-state index in [9.17, 15) is 0 Å². The lowest BCUT2D eigenvalue weighted by molar-refractivity contribution is -0.175. The molecule has 0 unspecified atom stereocenters. The zero-order chi connectivity index (χ0) is 12.6. The third-order valence-corrected chi connectivity index (χ3v) is 7.22. The fourth-order valence-corrected chi connectivity index (χ4v) is 6.10. The van der Waals surface area contributed by atoms with Crippen molar-refractivity contribution < 1.29 is 23.5 Å². The van der Waals surface area contributed by atoms with Crippen LogP contribution in [0.25, 0.3) is 0 Å². The molecule has 1 aromatic rings. The summed E-state index contributed by atoms with van der Waals surface area (Å²) in [6.45, 7) is 0. The van der Waals surface area contributed by atoms with Crippen LogP contribution in [0.4, 0.5) is 0 Å². The van der Waals surface area contributed by atoms with Crippen LogP contribution >= 0.6 is 0 Å². The highest BCUT2D eigenvalue weighted by atomic mass is 29.2. The summed E-state index contributed by atoms with van der Waals surface area (Å²) in [4.78, 5) is 25.5. The van der Waals surface area contributed by atoms with Crippen LogP contribution < -0.4 is 0 Å². The Morgan fingerprint density at radius 2 is 1.82 bits per heavy atom. The first-order chi connectivity index (χ1) is 8.08. The monoisotopic (exact) mass is 290 g/mol. The van der Waals surface area contributed by atoms with Gasteiger partial charge in [-0.3, -0.25) is 0 Å². The predicted molar refractivity (Wildman–Crippen MR) is 71.2 cm³/mol. The lowest BCUT2D eigenvalue weighted by Crippen LogP contribution is -2.39. The van der Waals surface area contributed by atoms with Gasteiger partial charge in [-0.15, -0.1) is 0 Å². The van der Waals surface area contributed by atoms with Crippen LogP contribution in [-0.4, -0.2) is 41.8 Å². The van der Waals surface area contributed by atoms with Crippen molar-refractivity contribution in [1.29, 1.82) is 0 Å². The van der Waals surface area contributed by atoms with Crippen LogP contribution in [0.2, 0.25) is 6.04 Å². The molecule has 0 radical (unpaired) electrons. The highest BCUT2D eigenvalue weighted by molar-refractivity contribution is 6.97. The van der Waals surface area contributed by atoms with Gasteiger partial charge < -0.3 is 19.0 Å². The molecule has 17 heavy (non-hydrogen) atoms. The first-order valence-electron chi connectivity index (χ1n) is 5.59. The van der Waals surface area contributed by atoms with E-state index in [1.165, 1.54) is 5.56 Å². The highest BCUT2D eigenvalue weighted by Crippen LogP contribution is 2.04. The van der Waals surface area contributed by atoms with E-state index < -0.39 is 18.3 Å². The molecule has 1 aromatic carbocycles. The molecule has 0 amide bonds. The van der Waals surface area contributed by atoms with Crippen LogP contribution in [0.1, 0.15) is 12.0 Å². The van der Waals surface area contributed by atoms with Gasteiger partial charge in [0.1, 0.15) is 0 Å². The molecule has 0 atom stereocenters. The molecule has 96 valence electrons. The van der Waals surface area contributed by atoms with Gasteiger partial charge in [-0.2, -0.15) is 0 Å². The number of hydrogen-bond donors (Lipinski definition) is 3. The van der Waals surface area contributed by atoms with Crippen molar-refractivity contribution in [3.63, 3.8) is 0 Å². The van der Waals surface area contributed by atoms with Crippen molar-refractivity contribution in [2.45, 2.75) is 18.9 Å². The fourth-order valence-electron chi connectivity index (χ4n) is 1.43. The Hall–Kier alpha value is -0.329. The molecule has 0 heterocycles. The van der Waals surface area contributed by atoms with Gasteiger partial charge in [-0.1, -0.05) is 42.8 Å². The molecule has 0 bridgehead atoms. The standard InChI is InChI=1S/C9H18O5Si3/c10-17(11,12)14-13-16-15-8-4-7-9-5-2-1-3-6-9/h1-3,5-6,10-12H,4,7-8,15-16H2. The minimum absolute atomic E-state index is 0.293. The zero-order valence-electron chi connectivity index (χ0n) is 9.58. The number of benzene rings is 1. The second-order valence-corrected chi connectivity index (χ2v) is 10.5. The van der Waals surface area contributed by atoms with Crippen LogP contribution in [0.3, 0.4) is 0 Å². The summed E-state index contributed by atoms with van der Waals surface area (Å²) in [7, 11) is -5.53. The van der Waals surface area contributed by atoms with Crippen LogP contribution in [-0.2, 0) is 15.6 Å². The molecule has 3 N–H and O–H groups in total. The van der Waals surface area contributed by atoms with Crippen molar-refractivity contribution in [1.82, 2.24) is 0 Å². The van der Waals surface area contributed by atoms with E-state index in [1.54, 1.807) is 0 Å². The number of rotatable bonds is 8. The smallest absolute Gasteiger partial charge is 0.366 e. The second-order valence-electron chi connectivity index (χ2n) is 3.78. The van der Waals surface area contributed by atoms with Crippen molar-refractivity contribution in [3.8, 4) is 0 Å². The third kappa shape index (κ3) is 8.40. The van der Waals surface area contributed by atoms with Crippen molar-refractivity contribution >= 4 is 27.4 Å². The van der Waals surface area contributed by atoms with Crippen molar-refractivity contribution in [3.05, 3.63) is 35.9 Å². The molecular formula is C9H18O5Si3. The molecule has 0 saturated heterocycles. The Bertz CT molecular complexity index is 303. The predicted octanol–water partition coefficient (Wildman–Crippen LogP) is -1.43. The number of hydrogen-bond acceptors (Lipinski definition) is 5. The maximum absolute atomic E-state index is 8.51. The summed E-state index contributed by atoms with van der Waals surface area (Å²) in [5.41, 5.74) is 1.34. The summed E-state index contributed by atoms with van der Waals surface area (Å²) in [5.74, 6) is 0. The van der Waals surface area contributed by atoms with Gasteiger partial charge >= 0.3 is 9.05 Å². The SMILES string of the molecule is O[Si](O)(O)OO[SiH2][SiH2]CCCc1ccccc1. The fraction of sp³-hybridized carbons (Fsp3) is 0.333. The summed E-state index contributed by atoms with van der Waals surface area (Å²) in [6.07, 6.45) is 2.20. The largest absolute Gasteiger partial charge is 0.698 e. The molecule has 0 aliphatic heterocycles. The van der Waals surface area contributed by atoms with Crippen LogP contribution in [0, 0.1) is 0 Å². The molecule has 5 nitrogen and oxygen atoms in total. The second kappa shape index (κ2) is 7.89. The normalized spacial score (nSPS) is 13.1. The molecule has 0 fully saturated rings. The zero-order valence-corrected chi connectivity index (χ0v) is 13.4. The van der Waals surface area contributed by atoms with E-state index in [4.69, 9.17) is 14.4 Å². The van der Waals surface area contributed by atoms with E-state index >= 15 is 0 Å². The van der Waals surface area contributed by atoms with Gasteiger partial charge in [0, 0.05) is 9.04 Å². The Kier molecular flexibility index (Phi) is 6.84.